The molecule has 12 heavy (non-hydrogen) atoms. The van der Waals surface area contributed by atoms with E-state index in [2.05, 4.69) is 17.1 Å². The van der Waals surface area contributed by atoms with Crippen LogP contribution in [-0.2, 0) is 4.74 Å². The van der Waals surface area contributed by atoms with Crippen molar-refractivity contribution in [2.24, 2.45) is 4.99 Å². The summed E-state index contributed by atoms with van der Waals surface area (Å²) in [4.78, 5) is 4.32. The SMILES string of the molecule is COC1=NC(C)=CCCC=C1C. The van der Waals surface area contributed by atoms with E-state index >= 15 is 0 Å². The Labute approximate surface area is 73.6 Å². The number of aliphatic imine (C=N–C) groups is 1. The van der Waals surface area contributed by atoms with Gasteiger partial charge in [0.15, 0.2) is 0 Å². The van der Waals surface area contributed by atoms with E-state index in [0.29, 0.717) is 0 Å². The molecule has 2 nitrogen and oxygen atoms in total. The number of methoxy groups -OCH3 is 1. The third-order valence-corrected chi connectivity index (χ3v) is 1.87. The Kier molecular flexibility index (Phi) is 3.09. The molecule has 0 amide bonds. The van der Waals surface area contributed by atoms with Crippen LogP contribution in [0.2, 0.25) is 0 Å². The predicted octanol–water partition coefficient (Wildman–Crippen LogP) is 2.68. The number of hydrogen-bond acceptors (Lipinski definition) is 2. The number of allylic oxidation sites excluding steroid dienone is 3. The fourth-order valence-corrected chi connectivity index (χ4v) is 1.18. The van der Waals surface area contributed by atoms with Gasteiger partial charge < -0.3 is 4.74 Å². The van der Waals surface area contributed by atoms with Gasteiger partial charge in [-0.3, -0.25) is 0 Å². The van der Waals surface area contributed by atoms with Crippen LogP contribution in [0.4, 0.5) is 0 Å². The van der Waals surface area contributed by atoms with E-state index in [9.17, 15) is 0 Å². The molecule has 0 atom stereocenters. The van der Waals surface area contributed by atoms with E-state index in [1.807, 2.05) is 13.8 Å². The van der Waals surface area contributed by atoms with Crippen molar-refractivity contribution in [3.8, 4) is 0 Å². The Hall–Kier alpha value is -1.05. The summed E-state index contributed by atoms with van der Waals surface area (Å²) in [6.07, 6.45) is 6.43. The van der Waals surface area contributed by atoms with Crippen molar-refractivity contribution >= 4 is 5.90 Å². The predicted molar refractivity (Wildman–Crippen MR) is 51.2 cm³/mol. The summed E-state index contributed by atoms with van der Waals surface area (Å²) < 4.78 is 5.15. The number of hydrogen-bond donors (Lipinski definition) is 0. The Morgan fingerprint density at radius 1 is 1.25 bits per heavy atom. The van der Waals surface area contributed by atoms with E-state index in [-0.39, 0.29) is 0 Å². The Bertz CT molecular complexity index is 249. The van der Waals surface area contributed by atoms with Gasteiger partial charge in [-0.15, -0.1) is 0 Å². The first-order valence-electron chi connectivity index (χ1n) is 4.20. The van der Waals surface area contributed by atoms with Gasteiger partial charge in [-0.2, -0.15) is 0 Å². The van der Waals surface area contributed by atoms with E-state index < -0.39 is 0 Å². The fraction of sp³-hybridized carbons (Fsp3) is 0.500. The van der Waals surface area contributed by atoms with Gasteiger partial charge in [0.2, 0.25) is 5.90 Å². The Morgan fingerprint density at radius 3 is 2.58 bits per heavy atom. The summed E-state index contributed by atoms with van der Waals surface area (Å²) in [7, 11) is 1.66. The highest BCUT2D eigenvalue weighted by atomic mass is 16.5. The maximum Gasteiger partial charge on any atom is 0.215 e. The summed E-state index contributed by atoms with van der Waals surface area (Å²) in [6.45, 7) is 4.03. The smallest absolute Gasteiger partial charge is 0.215 e. The van der Waals surface area contributed by atoms with Crippen LogP contribution >= 0.6 is 0 Å². The van der Waals surface area contributed by atoms with Crippen molar-refractivity contribution < 1.29 is 4.74 Å². The highest BCUT2D eigenvalue weighted by Crippen LogP contribution is 2.11. The summed E-state index contributed by atoms with van der Waals surface area (Å²) >= 11 is 0. The van der Waals surface area contributed by atoms with Gasteiger partial charge in [0, 0.05) is 11.3 Å². The molecule has 0 fully saturated rings. The third kappa shape index (κ3) is 2.22. The van der Waals surface area contributed by atoms with Crippen molar-refractivity contribution in [1.29, 1.82) is 0 Å². The van der Waals surface area contributed by atoms with Gasteiger partial charge in [0.25, 0.3) is 0 Å². The number of rotatable bonds is 0. The number of ether oxygens (including phenoxy) is 1. The monoisotopic (exact) mass is 165 g/mol. The first-order valence-corrected chi connectivity index (χ1v) is 4.20. The van der Waals surface area contributed by atoms with Crippen LogP contribution < -0.4 is 0 Å². The minimum Gasteiger partial charge on any atom is -0.481 e. The Balaban J connectivity index is 2.93. The van der Waals surface area contributed by atoms with E-state index in [1.165, 1.54) is 0 Å². The van der Waals surface area contributed by atoms with Crippen LogP contribution in [0.25, 0.3) is 0 Å². The summed E-state index contributed by atoms with van der Waals surface area (Å²) in [5.41, 5.74) is 2.17. The van der Waals surface area contributed by atoms with Crippen molar-refractivity contribution in [2.45, 2.75) is 26.7 Å². The van der Waals surface area contributed by atoms with Gasteiger partial charge in [-0.25, -0.2) is 4.99 Å². The van der Waals surface area contributed by atoms with Gasteiger partial charge in [0.1, 0.15) is 0 Å². The molecular formula is C10H15NO. The van der Waals surface area contributed by atoms with E-state index in [4.69, 9.17) is 4.74 Å². The summed E-state index contributed by atoms with van der Waals surface area (Å²) in [5, 5.41) is 0. The molecular weight excluding hydrogens is 150 g/mol. The second kappa shape index (κ2) is 4.10. The van der Waals surface area contributed by atoms with E-state index in [1.54, 1.807) is 7.11 Å². The molecule has 0 unspecified atom stereocenters. The zero-order valence-corrected chi connectivity index (χ0v) is 7.92. The molecule has 0 saturated heterocycles. The molecule has 0 spiro atoms. The summed E-state index contributed by atoms with van der Waals surface area (Å²) in [5.74, 6) is 0.739. The fourth-order valence-electron chi connectivity index (χ4n) is 1.18. The molecule has 0 aromatic rings. The van der Waals surface area contributed by atoms with Crippen molar-refractivity contribution in [3.05, 3.63) is 23.4 Å². The maximum atomic E-state index is 5.15. The molecule has 1 aliphatic rings. The van der Waals surface area contributed by atoms with Crippen LogP contribution in [-0.4, -0.2) is 13.0 Å². The molecule has 66 valence electrons. The van der Waals surface area contributed by atoms with Gasteiger partial charge in [0.05, 0.1) is 7.11 Å². The highest BCUT2D eigenvalue weighted by Gasteiger charge is 2.03. The molecule has 0 saturated carbocycles. The molecule has 1 rings (SSSR count). The lowest BCUT2D eigenvalue weighted by molar-refractivity contribution is 0.402. The molecule has 0 radical (unpaired) electrons. The average Bonchev–Trinajstić information content (AvgIpc) is 2.05. The van der Waals surface area contributed by atoms with Crippen LogP contribution in [0.5, 0.6) is 0 Å². The lowest BCUT2D eigenvalue weighted by Crippen LogP contribution is -2.04. The molecule has 0 aromatic carbocycles. The van der Waals surface area contributed by atoms with Crippen molar-refractivity contribution in [1.82, 2.24) is 0 Å². The van der Waals surface area contributed by atoms with Crippen LogP contribution in [0.3, 0.4) is 0 Å². The average molecular weight is 165 g/mol. The second-order valence-electron chi connectivity index (χ2n) is 2.93. The zero-order valence-electron chi connectivity index (χ0n) is 7.92. The molecule has 0 bridgehead atoms. The van der Waals surface area contributed by atoms with Gasteiger partial charge >= 0.3 is 0 Å². The minimum atomic E-state index is 0.739. The molecule has 0 aliphatic carbocycles. The first kappa shape index (κ1) is 9.04. The molecule has 2 heteroatoms. The maximum absolute atomic E-state index is 5.15. The van der Waals surface area contributed by atoms with Crippen LogP contribution in [0.1, 0.15) is 26.7 Å². The quantitative estimate of drug-likeness (QED) is 0.540. The minimum absolute atomic E-state index is 0.739. The lowest BCUT2D eigenvalue weighted by atomic mass is 10.1. The van der Waals surface area contributed by atoms with Crippen molar-refractivity contribution in [2.75, 3.05) is 7.11 Å². The highest BCUT2D eigenvalue weighted by molar-refractivity contribution is 5.93. The molecule has 0 N–H and O–H groups in total. The van der Waals surface area contributed by atoms with Crippen LogP contribution in [0, 0.1) is 0 Å². The van der Waals surface area contributed by atoms with Gasteiger partial charge in [-0.05, 0) is 26.7 Å². The third-order valence-electron chi connectivity index (χ3n) is 1.87. The van der Waals surface area contributed by atoms with Crippen molar-refractivity contribution in [3.63, 3.8) is 0 Å². The standard InChI is InChI=1S/C10H15NO/c1-8-6-4-5-7-9(2)11-10(8)12-3/h6-7H,4-5H2,1-3H3. The van der Waals surface area contributed by atoms with Crippen LogP contribution in [0.15, 0.2) is 28.4 Å². The van der Waals surface area contributed by atoms with E-state index in [0.717, 1.165) is 30.0 Å². The topological polar surface area (TPSA) is 21.6 Å². The summed E-state index contributed by atoms with van der Waals surface area (Å²) in [6, 6.07) is 0. The second-order valence-corrected chi connectivity index (χ2v) is 2.93. The Morgan fingerprint density at radius 2 is 1.92 bits per heavy atom. The lowest BCUT2D eigenvalue weighted by Gasteiger charge is -2.07. The molecule has 0 aromatic heterocycles. The van der Waals surface area contributed by atoms with Gasteiger partial charge in [-0.1, -0.05) is 12.2 Å². The molecule has 1 heterocycles. The zero-order chi connectivity index (χ0) is 8.97. The first-order chi connectivity index (χ1) is 5.74. The molecule has 1 aliphatic heterocycles. The normalized spacial score (nSPS) is 18.4. The number of nitrogens with zero attached hydrogens (tertiary/aromatic N) is 1. The largest absolute Gasteiger partial charge is 0.481 e.